The Bertz CT molecular complexity index is 521. The van der Waals surface area contributed by atoms with E-state index < -0.39 is 11.6 Å². The number of rotatable bonds is 6. The predicted octanol–water partition coefficient (Wildman–Crippen LogP) is 3.34. The first-order valence-electron chi connectivity index (χ1n) is 7.99. The molecule has 22 heavy (non-hydrogen) atoms. The number of halogens is 2. The summed E-state index contributed by atoms with van der Waals surface area (Å²) in [5.41, 5.74) is 0.701. The van der Waals surface area contributed by atoms with Crippen LogP contribution in [0.4, 0.5) is 14.5 Å². The van der Waals surface area contributed by atoms with E-state index in [9.17, 15) is 13.6 Å². The number of benzene rings is 1. The van der Waals surface area contributed by atoms with Crippen LogP contribution < -0.4 is 10.2 Å². The fraction of sp³-hybridized carbons (Fsp3) is 0.588. The number of hydrogen-bond acceptors (Lipinski definition) is 2. The number of amides is 1. The lowest BCUT2D eigenvalue weighted by atomic mass is 10.0. The molecule has 1 saturated heterocycles. The quantitative estimate of drug-likeness (QED) is 0.874. The van der Waals surface area contributed by atoms with Crippen LogP contribution in [-0.4, -0.2) is 25.5 Å². The fourth-order valence-corrected chi connectivity index (χ4v) is 2.90. The summed E-state index contributed by atoms with van der Waals surface area (Å²) in [6, 6.07) is 3.99. The molecule has 1 amide bonds. The predicted molar refractivity (Wildman–Crippen MR) is 83.8 cm³/mol. The molecule has 1 aromatic carbocycles. The molecule has 1 aromatic rings. The molecule has 1 aliphatic heterocycles. The molecule has 0 aliphatic carbocycles. The molecule has 0 bridgehead atoms. The minimum absolute atomic E-state index is 0.0497. The Kier molecular flexibility index (Phi) is 5.75. The maximum absolute atomic E-state index is 13.3. The summed E-state index contributed by atoms with van der Waals surface area (Å²) in [6.45, 7) is 6.22. The Morgan fingerprint density at radius 3 is 2.86 bits per heavy atom. The number of anilines is 1. The van der Waals surface area contributed by atoms with E-state index in [1.807, 2.05) is 11.8 Å². The van der Waals surface area contributed by atoms with Crippen molar-refractivity contribution >= 4 is 11.6 Å². The van der Waals surface area contributed by atoms with Crippen LogP contribution in [-0.2, 0) is 4.79 Å². The van der Waals surface area contributed by atoms with Gasteiger partial charge >= 0.3 is 0 Å². The average Bonchev–Trinajstić information content (AvgIpc) is 2.96. The minimum Gasteiger partial charge on any atom is -0.371 e. The molecule has 3 nitrogen and oxygen atoms in total. The number of carbonyl (C=O) groups is 1. The van der Waals surface area contributed by atoms with Gasteiger partial charge in [0, 0.05) is 37.3 Å². The van der Waals surface area contributed by atoms with Crippen LogP contribution in [0.2, 0.25) is 0 Å². The summed E-state index contributed by atoms with van der Waals surface area (Å²) >= 11 is 0. The van der Waals surface area contributed by atoms with E-state index in [0.29, 0.717) is 18.2 Å². The van der Waals surface area contributed by atoms with Gasteiger partial charge in [-0.1, -0.05) is 20.3 Å². The Morgan fingerprint density at radius 1 is 1.41 bits per heavy atom. The second kappa shape index (κ2) is 7.56. The van der Waals surface area contributed by atoms with Crippen LogP contribution >= 0.6 is 0 Å². The van der Waals surface area contributed by atoms with Crippen molar-refractivity contribution in [3.8, 4) is 0 Å². The third-order valence-corrected chi connectivity index (χ3v) is 4.29. The molecular weight excluding hydrogens is 286 g/mol. The zero-order chi connectivity index (χ0) is 16.1. The van der Waals surface area contributed by atoms with Gasteiger partial charge in [0.05, 0.1) is 0 Å². The molecule has 2 atom stereocenters. The van der Waals surface area contributed by atoms with Crippen molar-refractivity contribution in [2.75, 3.05) is 24.5 Å². The third-order valence-electron chi connectivity index (χ3n) is 4.29. The molecule has 1 fully saturated rings. The molecular formula is C17H24F2N2O. The summed E-state index contributed by atoms with van der Waals surface area (Å²) in [4.78, 5) is 13.9. The number of nitrogens with zero attached hydrogens (tertiary/aromatic N) is 1. The first-order valence-corrected chi connectivity index (χ1v) is 7.99. The summed E-state index contributed by atoms with van der Waals surface area (Å²) in [7, 11) is 0. The Balaban J connectivity index is 1.82. The SMILES string of the molecule is CCC[C@@H](C)C(=O)NC[C@@H]1CCN(c2ccc(F)c(F)c2)C1. The van der Waals surface area contributed by atoms with Crippen molar-refractivity contribution in [1.29, 1.82) is 0 Å². The van der Waals surface area contributed by atoms with Crippen molar-refractivity contribution in [3.05, 3.63) is 29.8 Å². The van der Waals surface area contributed by atoms with Gasteiger partial charge in [-0.05, 0) is 30.9 Å². The molecule has 0 spiro atoms. The molecule has 1 aliphatic rings. The Labute approximate surface area is 130 Å². The molecule has 0 radical (unpaired) electrons. The van der Waals surface area contributed by atoms with E-state index >= 15 is 0 Å². The number of nitrogens with one attached hydrogen (secondary N) is 1. The van der Waals surface area contributed by atoms with Gasteiger partial charge in [0.2, 0.25) is 5.91 Å². The summed E-state index contributed by atoms with van der Waals surface area (Å²) in [5.74, 6) is -1.13. The third kappa shape index (κ3) is 4.18. The highest BCUT2D eigenvalue weighted by Gasteiger charge is 2.24. The van der Waals surface area contributed by atoms with E-state index in [0.717, 1.165) is 38.4 Å². The molecule has 2 rings (SSSR count). The minimum atomic E-state index is -0.823. The Hall–Kier alpha value is -1.65. The van der Waals surface area contributed by atoms with E-state index in [1.165, 1.54) is 6.07 Å². The van der Waals surface area contributed by atoms with Gasteiger partial charge in [0.1, 0.15) is 0 Å². The Morgan fingerprint density at radius 2 is 2.18 bits per heavy atom. The average molecular weight is 310 g/mol. The summed E-state index contributed by atoms with van der Waals surface area (Å²) < 4.78 is 26.3. The fourth-order valence-electron chi connectivity index (χ4n) is 2.90. The maximum atomic E-state index is 13.3. The lowest BCUT2D eigenvalue weighted by Gasteiger charge is -2.19. The van der Waals surface area contributed by atoms with Gasteiger partial charge in [0.25, 0.3) is 0 Å². The van der Waals surface area contributed by atoms with Gasteiger partial charge in [-0.25, -0.2) is 8.78 Å². The molecule has 0 unspecified atom stereocenters. The highest BCUT2D eigenvalue weighted by molar-refractivity contribution is 5.78. The van der Waals surface area contributed by atoms with Gasteiger partial charge in [-0.3, -0.25) is 4.79 Å². The van der Waals surface area contributed by atoms with Crippen molar-refractivity contribution < 1.29 is 13.6 Å². The molecule has 5 heteroatoms. The van der Waals surface area contributed by atoms with Crippen molar-refractivity contribution in [2.24, 2.45) is 11.8 Å². The van der Waals surface area contributed by atoms with Gasteiger partial charge in [0.15, 0.2) is 11.6 Å². The molecule has 0 saturated carbocycles. The molecule has 1 N–H and O–H groups in total. The van der Waals surface area contributed by atoms with Crippen LogP contribution in [0.25, 0.3) is 0 Å². The zero-order valence-corrected chi connectivity index (χ0v) is 13.2. The zero-order valence-electron chi connectivity index (χ0n) is 13.2. The standard InChI is InChI=1S/C17H24F2N2O/c1-3-4-12(2)17(22)20-10-13-7-8-21(11-13)14-5-6-15(18)16(19)9-14/h5-6,9,12-13H,3-4,7-8,10-11H2,1-2H3,(H,20,22)/t12-,13+/m1/s1. The lowest BCUT2D eigenvalue weighted by molar-refractivity contribution is -0.124. The van der Waals surface area contributed by atoms with Gasteiger partial charge in [-0.2, -0.15) is 0 Å². The molecule has 122 valence electrons. The van der Waals surface area contributed by atoms with Crippen LogP contribution in [0, 0.1) is 23.5 Å². The van der Waals surface area contributed by atoms with Crippen molar-refractivity contribution in [3.63, 3.8) is 0 Å². The number of hydrogen-bond donors (Lipinski definition) is 1. The largest absolute Gasteiger partial charge is 0.371 e. The first kappa shape index (κ1) is 16.7. The summed E-state index contributed by atoms with van der Waals surface area (Å²) in [6.07, 6.45) is 2.85. The van der Waals surface area contributed by atoms with Gasteiger partial charge in [-0.15, -0.1) is 0 Å². The number of carbonyl (C=O) groups excluding carboxylic acids is 1. The smallest absolute Gasteiger partial charge is 0.222 e. The van der Waals surface area contributed by atoms with Crippen LogP contribution in [0.15, 0.2) is 18.2 Å². The highest BCUT2D eigenvalue weighted by Crippen LogP contribution is 2.25. The second-order valence-electron chi connectivity index (χ2n) is 6.13. The monoisotopic (exact) mass is 310 g/mol. The lowest BCUT2D eigenvalue weighted by Crippen LogP contribution is -2.34. The first-order chi connectivity index (χ1) is 10.5. The van der Waals surface area contributed by atoms with E-state index in [2.05, 4.69) is 12.2 Å². The second-order valence-corrected chi connectivity index (χ2v) is 6.13. The van der Waals surface area contributed by atoms with E-state index in [-0.39, 0.29) is 11.8 Å². The highest BCUT2D eigenvalue weighted by atomic mass is 19.2. The van der Waals surface area contributed by atoms with E-state index in [4.69, 9.17) is 0 Å². The van der Waals surface area contributed by atoms with Crippen molar-refractivity contribution in [1.82, 2.24) is 5.32 Å². The van der Waals surface area contributed by atoms with Gasteiger partial charge < -0.3 is 10.2 Å². The summed E-state index contributed by atoms with van der Waals surface area (Å²) in [5, 5.41) is 3.00. The van der Waals surface area contributed by atoms with Crippen molar-refractivity contribution in [2.45, 2.75) is 33.1 Å². The van der Waals surface area contributed by atoms with Crippen LogP contribution in [0.3, 0.4) is 0 Å². The molecule has 0 aromatic heterocycles. The van der Waals surface area contributed by atoms with Crippen LogP contribution in [0.1, 0.15) is 33.1 Å². The van der Waals surface area contributed by atoms with Crippen LogP contribution in [0.5, 0.6) is 0 Å². The normalized spacial score (nSPS) is 19.3. The topological polar surface area (TPSA) is 32.3 Å². The van der Waals surface area contributed by atoms with E-state index in [1.54, 1.807) is 6.07 Å². The molecule has 1 heterocycles. The maximum Gasteiger partial charge on any atom is 0.222 e.